The normalized spacial score (nSPS) is 16.8. The van der Waals surface area contributed by atoms with E-state index < -0.39 is 0 Å². The molecule has 0 saturated heterocycles. The molecule has 0 aliphatic heterocycles. The lowest BCUT2D eigenvalue weighted by molar-refractivity contribution is 0.427. The van der Waals surface area contributed by atoms with E-state index in [-0.39, 0.29) is 5.82 Å². The van der Waals surface area contributed by atoms with Crippen LogP contribution in [0.1, 0.15) is 37.7 Å². The summed E-state index contributed by atoms with van der Waals surface area (Å²) in [6.07, 6.45) is 6.41. The van der Waals surface area contributed by atoms with Crippen molar-refractivity contribution >= 4 is 5.69 Å². The summed E-state index contributed by atoms with van der Waals surface area (Å²) < 4.78 is 13.6. The first-order valence-electron chi connectivity index (χ1n) is 6.87. The molecular formula is C15H23FN2. The average Bonchev–Trinajstić information content (AvgIpc) is 2.38. The van der Waals surface area contributed by atoms with Crippen LogP contribution < -0.4 is 10.2 Å². The Labute approximate surface area is 109 Å². The second kappa shape index (κ2) is 6.19. The molecular weight excluding hydrogens is 227 g/mol. The van der Waals surface area contributed by atoms with Gasteiger partial charge < -0.3 is 10.2 Å². The van der Waals surface area contributed by atoms with E-state index in [0.29, 0.717) is 12.6 Å². The predicted octanol–water partition coefficient (Wildman–Crippen LogP) is 3.31. The fourth-order valence-electron chi connectivity index (χ4n) is 2.82. The third-order valence-electron chi connectivity index (χ3n) is 3.85. The van der Waals surface area contributed by atoms with E-state index in [1.165, 1.54) is 32.1 Å². The highest BCUT2D eigenvalue weighted by molar-refractivity contribution is 5.49. The van der Waals surface area contributed by atoms with Gasteiger partial charge in [0.15, 0.2) is 0 Å². The molecule has 2 rings (SSSR count). The molecule has 1 aromatic carbocycles. The molecule has 1 N–H and O–H groups in total. The third-order valence-corrected chi connectivity index (χ3v) is 3.85. The van der Waals surface area contributed by atoms with Crippen molar-refractivity contribution in [3.8, 4) is 0 Å². The molecule has 0 radical (unpaired) electrons. The minimum absolute atomic E-state index is 0.139. The number of nitrogens with one attached hydrogen (secondary N) is 1. The molecule has 18 heavy (non-hydrogen) atoms. The summed E-state index contributed by atoms with van der Waals surface area (Å²) in [7, 11) is 3.98. The van der Waals surface area contributed by atoms with Gasteiger partial charge in [-0.1, -0.05) is 19.3 Å². The van der Waals surface area contributed by atoms with E-state index in [4.69, 9.17) is 0 Å². The first-order chi connectivity index (χ1) is 8.70. The molecule has 1 saturated carbocycles. The van der Waals surface area contributed by atoms with Gasteiger partial charge in [-0.15, -0.1) is 0 Å². The molecule has 1 aliphatic rings. The smallest absolute Gasteiger partial charge is 0.125 e. The monoisotopic (exact) mass is 250 g/mol. The van der Waals surface area contributed by atoms with Crippen molar-refractivity contribution in [1.29, 1.82) is 0 Å². The zero-order chi connectivity index (χ0) is 13.0. The minimum atomic E-state index is -0.139. The SMILES string of the molecule is CNCc1cc(F)cc(N(C)C2CCCCC2)c1. The maximum Gasteiger partial charge on any atom is 0.125 e. The van der Waals surface area contributed by atoms with Gasteiger partial charge >= 0.3 is 0 Å². The van der Waals surface area contributed by atoms with Gasteiger partial charge in [0.05, 0.1) is 0 Å². The van der Waals surface area contributed by atoms with E-state index in [2.05, 4.69) is 23.3 Å². The van der Waals surface area contributed by atoms with Crippen LogP contribution in [-0.2, 0) is 6.54 Å². The van der Waals surface area contributed by atoms with E-state index in [1.807, 2.05) is 7.05 Å². The topological polar surface area (TPSA) is 15.3 Å². The van der Waals surface area contributed by atoms with E-state index in [1.54, 1.807) is 12.1 Å². The summed E-state index contributed by atoms with van der Waals surface area (Å²) in [5.41, 5.74) is 2.02. The van der Waals surface area contributed by atoms with Gasteiger partial charge in [0.1, 0.15) is 5.82 Å². The van der Waals surface area contributed by atoms with E-state index in [9.17, 15) is 4.39 Å². The Hall–Kier alpha value is -1.09. The maximum absolute atomic E-state index is 13.6. The lowest BCUT2D eigenvalue weighted by Gasteiger charge is -2.33. The second-order valence-corrected chi connectivity index (χ2v) is 5.25. The van der Waals surface area contributed by atoms with Crippen LogP contribution in [-0.4, -0.2) is 20.1 Å². The number of hydrogen-bond acceptors (Lipinski definition) is 2. The van der Waals surface area contributed by atoms with Crippen LogP contribution in [0.4, 0.5) is 10.1 Å². The summed E-state index contributed by atoms with van der Waals surface area (Å²) in [6.45, 7) is 0.712. The highest BCUT2D eigenvalue weighted by Gasteiger charge is 2.18. The lowest BCUT2D eigenvalue weighted by atomic mass is 9.94. The molecule has 1 aliphatic carbocycles. The highest BCUT2D eigenvalue weighted by Crippen LogP contribution is 2.27. The first-order valence-corrected chi connectivity index (χ1v) is 6.87. The van der Waals surface area contributed by atoms with Crippen molar-refractivity contribution in [3.05, 3.63) is 29.6 Å². The summed E-state index contributed by atoms with van der Waals surface area (Å²) in [5.74, 6) is -0.139. The second-order valence-electron chi connectivity index (χ2n) is 5.25. The zero-order valence-electron chi connectivity index (χ0n) is 11.4. The summed E-state index contributed by atoms with van der Waals surface area (Å²) in [4.78, 5) is 2.25. The molecule has 0 aromatic heterocycles. The molecule has 1 fully saturated rings. The number of anilines is 1. The van der Waals surface area contributed by atoms with Crippen LogP contribution in [0.25, 0.3) is 0 Å². The van der Waals surface area contributed by atoms with Crippen molar-refractivity contribution in [1.82, 2.24) is 5.32 Å². The Bertz CT molecular complexity index is 386. The predicted molar refractivity (Wildman–Crippen MR) is 74.4 cm³/mol. The Balaban J connectivity index is 2.15. The van der Waals surface area contributed by atoms with E-state index in [0.717, 1.165) is 11.3 Å². The Kier molecular flexibility index (Phi) is 4.59. The van der Waals surface area contributed by atoms with Crippen LogP contribution in [0.2, 0.25) is 0 Å². The quantitative estimate of drug-likeness (QED) is 0.882. The largest absolute Gasteiger partial charge is 0.372 e. The number of benzene rings is 1. The number of hydrogen-bond donors (Lipinski definition) is 1. The molecule has 1 aromatic rings. The lowest BCUT2D eigenvalue weighted by Crippen LogP contribution is -2.33. The van der Waals surface area contributed by atoms with Gasteiger partial charge in [-0.2, -0.15) is 0 Å². The molecule has 0 heterocycles. The van der Waals surface area contributed by atoms with Gasteiger partial charge in [0.25, 0.3) is 0 Å². The molecule has 0 spiro atoms. The highest BCUT2D eigenvalue weighted by atomic mass is 19.1. The number of nitrogens with zero attached hydrogens (tertiary/aromatic N) is 1. The molecule has 0 atom stereocenters. The van der Waals surface area contributed by atoms with Crippen LogP contribution in [0, 0.1) is 5.82 Å². The number of halogens is 1. The minimum Gasteiger partial charge on any atom is -0.372 e. The summed E-state index contributed by atoms with van der Waals surface area (Å²) in [5, 5.41) is 3.07. The summed E-state index contributed by atoms with van der Waals surface area (Å²) in [6, 6.07) is 5.92. The molecule has 3 heteroatoms. The van der Waals surface area contributed by atoms with Crippen LogP contribution >= 0.6 is 0 Å². The third kappa shape index (κ3) is 3.22. The summed E-state index contributed by atoms with van der Waals surface area (Å²) >= 11 is 0. The van der Waals surface area contributed by atoms with Crippen LogP contribution in [0.5, 0.6) is 0 Å². The fourth-order valence-corrected chi connectivity index (χ4v) is 2.82. The maximum atomic E-state index is 13.6. The Morgan fingerprint density at radius 2 is 1.94 bits per heavy atom. The molecule has 0 unspecified atom stereocenters. The van der Waals surface area contributed by atoms with Crippen molar-refractivity contribution in [3.63, 3.8) is 0 Å². The molecule has 2 nitrogen and oxygen atoms in total. The van der Waals surface area contributed by atoms with Gasteiger partial charge in [0, 0.05) is 25.3 Å². The van der Waals surface area contributed by atoms with Crippen molar-refractivity contribution in [2.75, 3.05) is 19.0 Å². The van der Waals surface area contributed by atoms with E-state index >= 15 is 0 Å². The number of rotatable bonds is 4. The zero-order valence-corrected chi connectivity index (χ0v) is 11.4. The first kappa shape index (κ1) is 13.3. The molecule has 0 bridgehead atoms. The molecule has 100 valence electrons. The Morgan fingerprint density at radius 3 is 2.61 bits per heavy atom. The van der Waals surface area contributed by atoms with Gasteiger partial charge in [-0.05, 0) is 43.7 Å². The van der Waals surface area contributed by atoms with Gasteiger partial charge in [-0.25, -0.2) is 4.39 Å². The van der Waals surface area contributed by atoms with Crippen molar-refractivity contribution in [2.24, 2.45) is 0 Å². The van der Waals surface area contributed by atoms with Crippen molar-refractivity contribution in [2.45, 2.75) is 44.7 Å². The van der Waals surface area contributed by atoms with Gasteiger partial charge in [-0.3, -0.25) is 0 Å². The van der Waals surface area contributed by atoms with Crippen LogP contribution in [0.3, 0.4) is 0 Å². The van der Waals surface area contributed by atoms with Crippen LogP contribution in [0.15, 0.2) is 18.2 Å². The van der Waals surface area contributed by atoms with Gasteiger partial charge in [0.2, 0.25) is 0 Å². The van der Waals surface area contributed by atoms with Crippen molar-refractivity contribution < 1.29 is 4.39 Å². The Morgan fingerprint density at radius 1 is 1.22 bits per heavy atom. The fraction of sp³-hybridized carbons (Fsp3) is 0.600. The molecule has 0 amide bonds. The standard InChI is InChI=1S/C15H23FN2/c1-17-11-12-8-13(16)10-15(9-12)18(2)14-6-4-3-5-7-14/h8-10,14,17H,3-7,11H2,1-2H3. The average molecular weight is 250 g/mol.